The van der Waals surface area contributed by atoms with E-state index in [0.717, 1.165) is 12.3 Å². The first-order chi connectivity index (χ1) is 12.6. The van der Waals surface area contributed by atoms with Gasteiger partial charge in [0, 0.05) is 18.6 Å². The number of hydrogen-bond acceptors (Lipinski definition) is 3. The van der Waals surface area contributed by atoms with Crippen LogP contribution in [0.1, 0.15) is 75.9 Å². The van der Waals surface area contributed by atoms with E-state index in [1.807, 2.05) is 19.9 Å². The Labute approximate surface area is 163 Å². The molecule has 4 nitrogen and oxygen atoms in total. The van der Waals surface area contributed by atoms with Crippen LogP contribution in [-0.4, -0.2) is 22.9 Å². The van der Waals surface area contributed by atoms with Crippen molar-refractivity contribution >= 4 is 5.91 Å². The van der Waals surface area contributed by atoms with Crippen LogP contribution < -0.4 is 5.32 Å². The van der Waals surface area contributed by atoms with Crippen molar-refractivity contribution in [2.24, 2.45) is 0 Å². The third kappa shape index (κ3) is 6.24. The van der Waals surface area contributed by atoms with E-state index in [2.05, 4.69) is 69.1 Å². The second kappa shape index (κ2) is 8.75. The van der Waals surface area contributed by atoms with Crippen molar-refractivity contribution in [2.45, 2.75) is 79.1 Å². The number of rotatable bonds is 7. The smallest absolute Gasteiger partial charge is 0.287 e. The Balaban J connectivity index is 2.06. The van der Waals surface area contributed by atoms with Crippen molar-refractivity contribution < 1.29 is 9.21 Å². The maximum absolute atomic E-state index is 12.1. The van der Waals surface area contributed by atoms with E-state index in [1.54, 1.807) is 6.07 Å². The fraction of sp³-hybridized carbons (Fsp3) is 0.522. The molecule has 1 aromatic carbocycles. The molecule has 0 unspecified atom stereocenters. The lowest BCUT2D eigenvalue weighted by Gasteiger charge is -2.26. The van der Waals surface area contributed by atoms with Gasteiger partial charge in [-0.1, -0.05) is 45.0 Å². The van der Waals surface area contributed by atoms with Gasteiger partial charge in [0.15, 0.2) is 5.76 Å². The molecule has 0 spiro atoms. The van der Waals surface area contributed by atoms with Gasteiger partial charge in [-0.2, -0.15) is 0 Å². The Bertz CT molecular complexity index is 736. The third-order valence-electron chi connectivity index (χ3n) is 4.60. The molecule has 0 atom stereocenters. The average molecular weight is 371 g/mol. The first-order valence-electron chi connectivity index (χ1n) is 9.79. The van der Waals surface area contributed by atoms with Gasteiger partial charge >= 0.3 is 0 Å². The van der Waals surface area contributed by atoms with E-state index >= 15 is 0 Å². The zero-order valence-electron chi connectivity index (χ0n) is 17.8. The highest BCUT2D eigenvalue weighted by Gasteiger charge is 2.17. The van der Waals surface area contributed by atoms with Crippen LogP contribution in [0.5, 0.6) is 0 Å². The highest BCUT2D eigenvalue weighted by molar-refractivity contribution is 5.91. The number of hydrogen-bond donors (Lipinski definition) is 1. The SMILES string of the molecule is CC(C)NC(=O)c1ccc(CN(Cc2ccc(C(C)(C)C)cc2)C(C)C)o1. The predicted molar refractivity (Wildman–Crippen MR) is 111 cm³/mol. The molecule has 148 valence electrons. The number of carbonyl (C=O) groups is 1. The van der Waals surface area contributed by atoms with E-state index in [-0.39, 0.29) is 17.4 Å². The minimum absolute atomic E-state index is 0.0919. The molecule has 0 bridgehead atoms. The molecule has 0 fully saturated rings. The van der Waals surface area contributed by atoms with Gasteiger partial charge in [-0.3, -0.25) is 9.69 Å². The number of furan rings is 1. The molecule has 0 aliphatic carbocycles. The van der Waals surface area contributed by atoms with E-state index in [9.17, 15) is 4.79 Å². The summed E-state index contributed by atoms with van der Waals surface area (Å²) < 4.78 is 5.77. The molecule has 27 heavy (non-hydrogen) atoms. The Morgan fingerprint density at radius 3 is 2.15 bits per heavy atom. The van der Waals surface area contributed by atoms with Gasteiger partial charge in [0.25, 0.3) is 5.91 Å². The summed E-state index contributed by atoms with van der Waals surface area (Å²) in [5, 5.41) is 2.86. The van der Waals surface area contributed by atoms with Crippen LogP contribution in [-0.2, 0) is 18.5 Å². The Hall–Kier alpha value is -2.07. The van der Waals surface area contributed by atoms with E-state index in [1.165, 1.54) is 11.1 Å². The Morgan fingerprint density at radius 1 is 1.00 bits per heavy atom. The summed E-state index contributed by atoms with van der Waals surface area (Å²) in [6, 6.07) is 13.0. The molecule has 1 N–H and O–H groups in total. The highest BCUT2D eigenvalue weighted by atomic mass is 16.4. The number of benzene rings is 1. The van der Waals surface area contributed by atoms with Crippen molar-refractivity contribution in [2.75, 3.05) is 0 Å². The molecule has 0 radical (unpaired) electrons. The van der Waals surface area contributed by atoms with E-state index in [4.69, 9.17) is 4.42 Å². The standard InChI is InChI=1S/C23H34N2O2/c1-16(2)24-22(26)21-13-12-20(27-21)15-25(17(3)4)14-18-8-10-19(11-9-18)23(5,6)7/h8-13,16-17H,14-15H2,1-7H3,(H,24,26). The maximum atomic E-state index is 12.1. The minimum atomic E-state index is -0.162. The summed E-state index contributed by atoms with van der Waals surface area (Å²) in [4.78, 5) is 14.4. The van der Waals surface area contributed by atoms with Crippen LogP contribution >= 0.6 is 0 Å². The Kier molecular flexibility index (Phi) is 6.88. The maximum Gasteiger partial charge on any atom is 0.287 e. The molecule has 1 amide bonds. The molecule has 0 saturated heterocycles. The largest absolute Gasteiger partial charge is 0.455 e. The van der Waals surface area contributed by atoms with Crippen molar-refractivity contribution in [3.63, 3.8) is 0 Å². The van der Waals surface area contributed by atoms with Crippen LogP contribution in [0.4, 0.5) is 0 Å². The predicted octanol–water partition coefficient (Wildman–Crippen LogP) is 5.13. The van der Waals surface area contributed by atoms with E-state index < -0.39 is 0 Å². The highest BCUT2D eigenvalue weighted by Crippen LogP contribution is 2.23. The fourth-order valence-corrected chi connectivity index (χ4v) is 2.88. The lowest BCUT2D eigenvalue weighted by atomic mass is 9.87. The second-order valence-corrected chi connectivity index (χ2v) is 8.84. The topological polar surface area (TPSA) is 45.5 Å². The minimum Gasteiger partial charge on any atom is -0.455 e. The summed E-state index contributed by atoms with van der Waals surface area (Å²) in [6.45, 7) is 16.4. The van der Waals surface area contributed by atoms with Gasteiger partial charge in [0.05, 0.1) is 6.54 Å². The number of amides is 1. The van der Waals surface area contributed by atoms with Crippen LogP contribution in [0.3, 0.4) is 0 Å². The molecule has 0 saturated carbocycles. The van der Waals surface area contributed by atoms with Gasteiger partial charge in [0.1, 0.15) is 5.76 Å². The average Bonchev–Trinajstić information content (AvgIpc) is 3.02. The van der Waals surface area contributed by atoms with Gasteiger partial charge in [-0.05, 0) is 56.4 Å². The molecule has 0 aliphatic rings. The molecule has 2 rings (SSSR count). The molecule has 2 aromatic rings. The van der Waals surface area contributed by atoms with Crippen LogP contribution in [0.25, 0.3) is 0 Å². The molecule has 0 aliphatic heterocycles. The van der Waals surface area contributed by atoms with Crippen LogP contribution in [0.15, 0.2) is 40.8 Å². The third-order valence-corrected chi connectivity index (χ3v) is 4.60. The van der Waals surface area contributed by atoms with Gasteiger partial charge in [-0.25, -0.2) is 0 Å². The normalized spacial score (nSPS) is 12.2. The number of carbonyl (C=O) groups excluding carboxylic acids is 1. The zero-order valence-corrected chi connectivity index (χ0v) is 17.8. The van der Waals surface area contributed by atoms with Crippen LogP contribution in [0, 0.1) is 0 Å². The monoisotopic (exact) mass is 370 g/mol. The lowest BCUT2D eigenvalue weighted by molar-refractivity contribution is 0.0909. The molecule has 1 aromatic heterocycles. The summed E-state index contributed by atoms with van der Waals surface area (Å²) in [7, 11) is 0. The van der Waals surface area contributed by atoms with Crippen molar-refractivity contribution in [1.29, 1.82) is 0 Å². The van der Waals surface area contributed by atoms with Gasteiger partial charge < -0.3 is 9.73 Å². The van der Waals surface area contributed by atoms with Crippen molar-refractivity contribution in [1.82, 2.24) is 10.2 Å². The Morgan fingerprint density at radius 2 is 1.63 bits per heavy atom. The van der Waals surface area contributed by atoms with Gasteiger partial charge in [-0.15, -0.1) is 0 Å². The molecule has 4 heteroatoms. The zero-order chi connectivity index (χ0) is 20.2. The summed E-state index contributed by atoms with van der Waals surface area (Å²) in [6.07, 6.45) is 0. The first-order valence-corrected chi connectivity index (χ1v) is 9.79. The lowest BCUT2D eigenvalue weighted by Crippen LogP contribution is -2.30. The number of nitrogens with one attached hydrogen (secondary N) is 1. The van der Waals surface area contributed by atoms with Gasteiger partial charge in [0.2, 0.25) is 0 Å². The molecular formula is C23H34N2O2. The first kappa shape index (κ1) is 21.2. The summed E-state index contributed by atoms with van der Waals surface area (Å²) in [5.74, 6) is 1.02. The summed E-state index contributed by atoms with van der Waals surface area (Å²) in [5.41, 5.74) is 2.78. The van der Waals surface area contributed by atoms with Crippen molar-refractivity contribution in [3.05, 3.63) is 59.0 Å². The quantitative estimate of drug-likeness (QED) is 0.735. The second-order valence-electron chi connectivity index (χ2n) is 8.84. The molecular weight excluding hydrogens is 336 g/mol. The van der Waals surface area contributed by atoms with Crippen LogP contribution in [0.2, 0.25) is 0 Å². The fourth-order valence-electron chi connectivity index (χ4n) is 2.88. The van der Waals surface area contributed by atoms with E-state index in [0.29, 0.717) is 18.3 Å². The number of nitrogens with zero attached hydrogens (tertiary/aromatic N) is 1. The van der Waals surface area contributed by atoms with Crippen molar-refractivity contribution in [3.8, 4) is 0 Å². The summed E-state index contributed by atoms with van der Waals surface area (Å²) >= 11 is 0. The molecule has 1 heterocycles.